The van der Waals surface area contributed by atoms with Gasteiger partial charge in [-0.15, -0.1) is 0 Å². The number of nitrogens with zero attached hydrogens (tertiary/aromatic N) is 5. The van der Waals surface area contributed by atoms with Gasteiger partial charge >= 0.3 is 0 Å². The highest BCUT2D eigenvalue weighted by molar-refractivity contribution is 7.88. The molecule has 2 aromatic heterocycles. The zero-order chi connectivity index (χ0) is 23.6. The fraction of sp³-hybridized carbons (Fsp3) is 0.429. The molecule has 3 aromatic rings. The molecule has 1 aliphatic rings. The minimum Gasteiger partial charge on any atom is -0.354 e. The molecule has 0 unspecified atom stereocenters. The highest BCUT2D eigenvalue weighted by atomic mass is 32.2. The first-order valence-electron chi connectivity index (χ1n) is 10.6. The predicted octanol–water partition coefficient (Wildman–Crippen LogP) is 0.568. The molecule has 0 spiro atoms. The third-order valence-electron chi connectivity index (χ3n) is 5.84. The molecule has 176 valence electrons. The topological polar surface area (TPSA) is 119 Å². The lowest BCUT2D eigenvalue weighted by molar-refractivity contribution is -0.126. The molecule has 0 atom stereocenters. The van der Waals surface area contributed by atoms with Crippen LogP contribution >= 0.6 is 0 Å². The monoisotopic (exact) mass is 476 g/mol. The van der Waals surface area contributed by atoms with Crippen LogP contribution in [0.5, 0.6) is 0 Å². The van der Waals surface area contributed by atoms with Crippen molar-refractivity contribution in [1.82, 2.24) is 29.0 Å². The standard InChI is InChI=1S/C21H25FN6O4S/c1-33(31,32)27-9-6-15(7-10-27)20(29)23-8-11-28-19-17(12-25-28)21(30)26(14-24-19)13-16-4-2-3-5-18(16)22/h2-5,12,14-15H,6-11,13H2,1H3,(H,23,29). The van der Waals surface area contributed by atoms with Crippen molar-refractivity contribution in [2.45, 2.75) is 25.9 Å². The average Bonchev–Trinajstić information content (AvgIpc) is 3.20. The molecule has 10 nitrogen and oxygen atoms in total. The number of piperidine rings is 1. The summed E-state index contributed by atoms with van der Waals surface area (Å²) >= 11 is 0. The number of sulfonamides is 1. The lowest BCUT2D eigenvalue weighted by Gasteiger charge is -2.29. The number of hydrogen-bond donors (Lipinski definition) is 1. The van der Waals surface area contributed by atoms with Gasteiger partial charge in [0, 0.05) is 31.1 Å². The van der Waals surface area contributed by atoms with Crippen molar-refractivity contribution in [2.75, 3.05) is 25.9 Å². The number of carbonyl (C=O) groups excluding carboxylic acids is 1. The van der Waals surface area contributed by atoms with Crippen LogP contribution in [0.25, 0.3) is 11.0 Å². The Morgan fingerprint density at radius 1 is 1.24 bits per heavy atom. The molecule has 1 aliphatic heterocycles. The Bertz CT molecular complexity index is 1330. The molecule has 0 saturated carbocycles. The summed E-state index contributed by atoms with van der Waals surface area (Å²) in [6, 6.07) is 6.25. The van der Waals surface area contributed by atoms with Crippen LogP contribution in [0.4, 0.5) is 4.39 Å². The third kappa shape index (κ3) is 5.11. The molecule has 1 N–H and O–H groups in total. The molecule has 0 aliphatic carbocycles. The van der Waals surface area contributed by atoms with E-state index in [1.54, 1.807) is 18.2 Å². The number of amides is 1. The fourth-order valence-corrected chi connectivity index (χ4v) is 4.84. The van der Waals surface area contributed by atoms with Gasteiger partial charge in [-0.05, 0) is 18.9 Å². The largest absolute Gasteiger partial charge is 0.354 e. The van der Waals surface area contributed by atoms with Crippen molar-refractivity contribution >= 4 is 27.0 Å². The first kappa shape index (κ1) is 23.1. The third-order valence-corrected chi connectivity index (χ3v) is 7.14. The van der Waals surface area contributed by atoms with Crippen LogP contribution in [0.2, 0.25) is 0 Å². The number of nitrogens with one attached hydrogen (secondary N) is 1. The second kappa shape index (κ2) is 9.40. The van der Waals surface area contributed by atoms with Gasteiger partial charge in [-0.2, -0.15) is 5.10 Å². The SMILES string of the molecule is CS(=O)(=O)N1CCC(C(=O)NCCn2ncc3c(=O)n(Cc4ccccc4F)cnc32)CC1. The molecule has 12 heteroatoms. The molecule has 33 heavy (non-hydrogen) atoms. The van der Waals surface area contributed by atoms with Crippen LogP contribution in [-0.2, 0) is 27.9 Å². The van der Waals surface area contributed by atoms with Gasteiger partial charge in [0.15, 0.2) is 5.65 Å². The van der Waals surface area contributed by atoms with Crippen molar-refractivity contribution < 1.29 is 17.6 Å². The second-order valence-electron chi connectivity index (χ2n) is 8.10. The summed E-state index contributed by atoms with van der Waals surface area (Å²) in [7, 11) is -3.23. The maximum absolute atomic E-state index is 13.9. The molecule has 4 rings (SSSR count). The van der Waals surface area contributed by atoms with Crippen molar-refractivity contribution in [3.8, 4) is 0 Å². The molecule has 1 aromatic carbocycles. The minimum atomic E-state index is -3.23. The number of benzene rings is 1. The molecule has 0 bridgehead atoms. The van der Waals surface area contributed by atoms with Crippen molar-refractivity contribution in [3.63, 3.8) is 0 Å². The van der Waals surface area contributed by atoms with E-state index in [0.29, 0.717) is 55.6 Å². The van der Waals surface area contributed by atoms with Gasteiger partial charge in [-0.1, -0.05) is 18.2 Å². The first-order chi connectivity index (χ1) is 15.7. The predicted molar refractivity (Wildman–Crippen MR) is 119 cm³/mol. The van der Waals surface area contributed by atoms with Gasteiger partial charge in [0.1, 0.15) is 17.5 Å². The minimum absolute atomic E-state index is 0.0633. The van der Waals surface area contributed by atoms with E-state index in [4.69, 9.17) is 0 Å². The Balaban J connectivity index is 1.36. The van der Waals surface area contributed by atoms with Crippen LogP contribution in [0.1, 0.15) is 18.4 Å². The summed E-state index contributed by atoms with van der Waals surface area (Å²) in [4.78, 5) is 29.5. The van der Waals surface area contributed by atoms with Gasteiger partial charge in [-0.25, -0.2) is 26.8 Å². The maximum atomic E-state index is 13.9. The van der Waals surface area contributed by atoms with Crippen LogP contribution in [0.3, 0.4) is 0 Å². The van der Waals surface area contributed by atoms with Crippen LogP contribution in [0.15, 0.2) is 41.6 Å². The number of aromatic nitrogens is 4. The number of halogens is 1. The summed E-state index contributed by atoms with van der Waals surface area (Å²) in [5.74, 6) is -0.751. The van der Waals surface area contributed by atoms with E-state index in [9.17, 15) is 22.4 Å². The van der Waals surface area contributed by atoms with E-state index >= 15 is 0 Å². The normalized spacial score (nSPS) is 15.7. The van der Waals surface area contributed by atoms with Crippen LogP contribution < -0.4 is 10.9 Å². The lowest BCUT2D eigenvalue weighted by atomic mass is 9.97. The molecule has 1 saturated heterocycles. The number of hydrogen-bond acceptors (Lipinski definition) is 6. The Morgan fingerprint density at radius 2 is 1.97 bits per heavy atom. The second-order valence-corrected chi connectivity index (χ2v) is 10.1. The van der Waals surface area contributed by atoms with E-state index in [1.807, 2.05) is 0 Å². The first-order valence-corrected chi connectivity index (χ1v) is 12.5. The Labute approximate surface area is 190 Å². The van der Waals surface area contributed by atoms with E-state index in [2.05, 4.69) is 15.4 Å². The van der Waals surface area contributed by atoms with Crippen molar-refractivity contribution in [1.29, 1.82) is 0 Å². The zero-order valence-corrected chi connectivity index (χ0v) is 19.0. The number of carbonyl (C=O) groups is 1. The highest BCUT2D eigenvalue weighted by Gasteiger charge is 2.28. The summed E-state index contributed by atoms with van der Waals surface area (Å²) in [5.41, 5.74) is 0.454. The van der Waals surface area contributed by atoms with Crippen LogP contribution in [-0.4, -0.2) is 63.9 Å². The summed E-state index contributed by atoms with van der Waals surface area (Å²) in [5, 5.41) is 7.38. The van der Waals surface area contributed by atoms with E-state index in [1.165, 1.54) is 38.4 Å². The maximum Gasteiger partial charge on any atom is 0.264 e. The number of fused-ring (bicyclic) bond motifs is 1. The van der Waals surface area contributed by atoms with Gasteiger partial charge in [0.25, 0.3) is 5.56 Å². The Hall–Kier alpha value is -3.12. The molecule has 0 radical (unpaired) electrons. The van der Waals surface area contributed by atoms with Crippen molar-refractivity contribution in [2.24, 2.45) is 5.92 Å². The van der Waals surface area contributed by atoms with Gasteiger partial charge in [-0.3, -0.25) is 14.2 Å². The number of rotatable bonds is 7. The summed E-state index contributed by atoms with van der Waals surface area (Å²) in [6.45, 7) is 1.35. The smallest absolute Gasteiger partial charge is 0.264 e. The fourth-order valence-electron chi connectivity index (χ4n) is 3.96. The molecular weight excluding hydrogens is 451 g/mol. The zero-order valence-electron chi connectivity index (χ0n) is 18.1. The Morgan fingerprint density at radius 3 is 2.67 bits per heavy atom. The van der Waals surface area contributed by atoms with Gasteiger partial charge in [0.2, 0.25) is 15.9 Å². The lowest BCUT2D eigenvalue weighted by Crippen LogP contribution is -2.43. The van der Waals surface area contributed by atoms with Crippen LogP contribution in [0, 0.1) is 11.7 Å². The van der Waals surface area contributed by atoms with E-state index in [0.717, 1.165) is 0 Å². The van der Waals surface area contributed by atoms with E-state index < -0.39 is 15.8 Å². The van der Waals surface area contributed by atoms with Gasteiger partial charge in [0.05, 0.1) is 25.5 Å². The quantitative estimate of drug-likeness (QED) is 0.533. The van der Waals surface area contributed by atoms with E-state index in [-0.39, 0.29) is 23.9 Å². The molecular formula is C21H25FN6O4S. The highest BCUT2D eigenvalue weighted by Crippen LogP contribution is 2.19. The summed E-state index contributed by atoms with van der Waals surface area (Å²) < 4.78 is 41.4. The van der Waals surface area contributed by atoms with Gasteiger partial charge < -0.3 is 5.32 Å². The van der Waals surface area contributed by atoms with Crippen molar-refractivity contribution in [3.05, 3.63) is 58.5 Å². The Kier molecular flexibility index (Phi) is 6.56. The molecule has 3 heterocycles. The molecule has 1 amide bonds. The average molecular weight is 477 g/mol. The summed E-state index contributed by atoms with van der Waals surface area (Å²) in [6.07, 6.45) is 4.92. The molecule has 1 fully saturated rings.